The van der Waals surface area contributed by atoms with Crippen LogP contribution < -0.4 is 10.6 Å². The Morgan fingerprint density at radius 3 is 2.52 bits per heavy atom. The van der Waals surface area contributed by atoms with E-state index in [1.165, 1.54) is 6.07 Å². The molecule has 1 aromatic carbocycles. The first-order chi connectivity index (χ1) is 12.1. The molecule has 1 fully saturated rings. The molecule has 2 N–H and O–H groups in total. The Balaban J connectivity index is 1.63. The minimum absolute atomic E-state index is 0.185. The highest BCUT2D eigenvalue weighted by Crippen LogP contribution is 2.22. The fourth-order valence-corrected chi connectivity index (χ4v) is 2.74. The predicted molar refractivity (Wildman–Crippen MR) is 87.2 cm³/mol. The van der Waals surface area contributed by atoms with Crippen LogP contribution in [0, 0.1) is 11.6 Å². The van der Waals surface area contributed by atoms with Crippen LogP contribution in [0.15, 0.2) is 41.0 Å². The van der Waals surface area contributed by atoms with Crippen molar-refractivity contribution in [2.24, 2.45) is 0 Å². The van der Waals surface area contributed by atoms with Gasteiger partial charge in [0.1, 0.15) is 23.1 Å². The number of carbonyl (C=O) groups is 1. The molecule has 1 saturated heterocycles. The molecule has 1 aliphatic rings. The van der Waals surface area contributed by atoms with Crippen molar-refractivity contribution in [2.75, 3.05) is 38.2 Å². The Morgan fingerprint density at radius 2 is 1.88 bits per heavy atom. The highest BCUT2D eigenvalue weighted by atomic mass is 19.1. The predicted octanol–water partition coefficient (Wildman–Crippen LogP) is 2.75. The summed E-state index contributed by atoms with van der Waals surface area (Å²) in [6.07, 6.45) is 1.57. The van der Waals surface area contributed by atoms with E-state index >= 15 is 0 Å². The zero-order valence-corrected chi connectivity index (χ0v) is 13.5. The lowest BCUT2D eigenvalue weighted by Crippen LogP contribution is -2.44. The van der Waals surface area contributed by atoms with Crippen LogP contribution in [0.3, 0.4) is 0 Å². The van der Waals surface area contributed by atoms with Gasteiger partial charge in [-0.15, -0.1) is 0 Å². The number of nitrogens with one attached hydrogen (secondary N) is 2. The molecule has 2 heterocycles. The number of morpholine rings is 1. The maximum Gasteiger partial charge on any atom is 0.319 e. The van der Waals surface area contributed by atoms with E-state index in [0.29, 0.717) is 32.1 Å². The van der Waals surface area contributed by atoms with E-state index in [2.05, 4.69) is 15.5 Å². The van der Waals surface area contributed by atoms with Gasteiger partial charge in [0, 0.05) is 19.6 Å². The van der Waals surface area contributed by atoms with Crippen molar-refractivity contribution in [3.05, 3.63) is 54.0 Å². The summed E-state index contributed by atoms with van der Waals surface area (Å²) in [4.78, 5) is 14.2. The summed E-state index contributed by atoms with van der Waals surface area (Å²) < 4.78 is 38.0. The number of amides is 2. The molecular weight excluding hydrogens is 332 g/mol. The van der Waals surface area contributed by atoms with Gasteiger partial charge in [-0.05, 0) is 24.3 Å². The first-order valence-corrected chi connectivity index (χ1v) is 7.99. The fourth-order valence-electron chi connectivity index (χ4n) is 2.74. The van der Waals surface area contributed by atoms with E-state index in [4.69, 9.17) is 9.15 Å². The van der Waals surface area contributed by atoms with Crippen molar-refractivity contribution in [3.63, 3.8) is 0 Å². The van der Waals surface area contributed by atoms with E-state index < -0.39 is 23.4 Å². The van der Waals surface area contributed by atoms with Gasteiger partial charge in [-0.25, -0.2) is 13.6 Å². The number of furan rings is 1. The average Bonchev–Trinajstić information content (AvgIpc) is 3.14. The first kappa shape index (κ1) is 17.4. The SMILES string of the molecule is O=C(NCC(c1ccco1)N1CCOCC1)Nc1c(F)cccc1F. The molecule has 0 aliphatic carbocycles. The molecule has 8 heteroatoms. The van der Waals surface area contributed by atoms with Crippen molar-refractivity contribution in [1.82, 2.24) is 10.2 Å². The number of hydrogen-bond donors (Lipinski definition) is 2. The Morgan fingerprint density at radius 1 is 1.16 bits per heavy atom. The van der Waals surface area contributed by atoms with Crippen LogP contribution in [0.2, 0.25) is 0 Å². The summed E-state index contributed by atoms with van der Waals surface area (Å²) >= 11 is 0. The Hall–Kier alpha value is -2.45. The van der Waals surface area contributed by atoms with Crippen LogP contribution in [-0.4, -0.2) is 43.8 Å². The smallest absolute Gasteiger partial charge is 0.319 e. The summed E-state index contributed by atoms with van der Waals surface area (Å²) in [5.74, 6) is -0.948. The van der Waals surface area contributed by atoms with Gasteiger partial charge in [0.25, 0.3) is 0 Å². The molecule has 25 heavy (non-hydrogen) atoms. The number of carbonyl (C=O) groups excluding carboxylic acids is 1. The van der Waals surface area contributed by atoms with Crippen LogP contribution in [-0.2, 0) is 4.74 Å². The average molecular weight is 351 g/mol. The van der Waals surface area contributed by atoms with Gasteiger partial charge in [-0.3, -0.25) is 4.90 Å². The van der Waals surface area contributed by atoms with E-state index in [0.717, 1.165) is 12.1 Å². The lowest BCUT2D eigenvalue weighted by atomic mass is 10.1. The second-order valence-electron chi connectivity index (χ2n) is 5.61. The second-order valence-corrected chi connectivity index (χ2v) is 5.61. The highest BCUT2D eigenvalue weighted by Gasteiger charge is 2.25. The molecule has 1 atom stereocenters. The van der Waals surface area contributed by atoms with Crippen molar-refractivity contribution in [2.45, 2.75) is 6.04 Å². The summed E-state index contributed by atoms with van der Waals surface area (Å²) in [6, 6.07) is 6.13. The molecule has 0 spiro atoms. The third-order valence-corrected chi connectivity index (χ3v) is 4.02. The molecule has 1 aromatic heterocycles. The second kappa shape index (κ2) is 8.09. The standard InChI is InChI=1S/C17H19F2N3O3/c18-12-3-1-4-13(19)16(12)21-17(23)20-11-14(15-5-2-8-25-15)22-6-9-24-10-7-22/h1-5,8,14H,6-7,9-11H2,(H2,20,21,23). The lowest BCUT2D eigenvalue weighted by Gasteiger charge is -2.33. The van der Waals surface area contributed by atoms with E-state index in [1.807, 2.05) is 6.07 Å². The van der Waals surface area contributed by atoms with E-state index in [-0.39, 0.29) is 12.6 Å². The van der Waals surface area contributed by atoms with Gasteiger partial charge < -0.3 is 19.8 Å². The Bertz CT molecular complexity index is 683. The van der Waals surface area contributed by atoms with Crippen LogP contribution in [0.1, 0.15) is 11.8 Å². The topological polar surface area (TPSA) is 66.7 Å². The van der Waals surface area contributed by atoms with Crippen molar-refractivity contribution < 1.29 is 22.7 Å². The number of para-hydroxylation sites is 1. The molecule has 1 unspecified atom stereocenters. The van der Waals surface area contributed by atoms with Crippen LogP contribution in [0.25, 0.3) is 0 Å². The minimum Gasteiger partial charge on any atom is -0.468 e. The van der Waals surface area contributed by atoms with E-state index in [1.54, 1.807) is 12.3 Å². The molecule has 3 rings (SSSR count). The molecule has 134 valence electrons. The van der Waals surface area contributed by atoms with Crippen LogP contribution in [0.5, 0.6) is 0 Å². The number of benzene rings is 1. The number of anilines is 1. The molecule has 6 nitrogen and oxygen atoms in total. The highest BCUT2D eigenvalue weighted by molar-refractivity contribution is 5.89. The number of halogens is 2. The number of rotatable bonds is 5. The molecule has 0 bridgehead atoms. The summed E-state index contributed by atoms with van der Waals surface area (Å²) in [7, 11) is 0. The van der Waals surface area contributed by atoms with Gasteiger partial charge in [0.15, 0.2) is 0 Å². The third-order valence-electron chi connectivity index (χ3n) is 4.02. The van der Waals surface area contributed by atoms with Crippen molar-refractivity contribution in [3.8, 4) is 0 Å². The number of urea groups is 1. The molecule has 0 radical (unpaired) electrons. The van der Waals surface area contributed by atoms with Crippen molar-refractivity contribution in [1.29, 1.82) is 0 Å². The van der Waals surface area contributed by atoms with Gasteiger partial charge in [0.05, 0.1) is 25.5 Å². The summed E-state index contributed by atoms with van der Waals surface area (Å²) in [5.41, 5.74) is -0.471. The van der Waals surface area contributed by atoms with Crippen LogP contribution >= 0.6 is 0 Å². The quantitative estimate of drug-likeness (QED) is 0.869. The Kier molecular flexibility index (Phi) is 5.62. The molecule has 1 aliphatic heterocycles. The summed E-state index contributed by atoms with van der Waals surface area (Å²) in [6.45, 7) is 2.84. The normalized spacial score (nSPS) is 16.4. The monoisotopic (exact) mass is 351 g/mol. The molecular formula is C17H19F2N3O3. The van der Waals surface area contributed by atoms with E-state index in [9.17, 15) is 13.6 Å². The first-order valence-electron chi connectivity index (χ1n) is 7.99. The Labute approximate surface area is 143 Å². The van der Waals surface area contributed by atoms with Gasteiger partial charge in [0.2, 0.25) is 0 Å². The third kappa shape index (κ3) is 4.34. The fraction of sp³-hybridized carbons (Fsp3) is 0.353. The number of hydrogen-bond acceptors (Lipinski definition) is 4. The zero-order valence-electron chi connectivity index (χ0n) is 13.5. The number of ether oxygens (including phenoxy) is 1. The minimum atomic E-state index is -0.828. The molecule has 2 aromatic rings. The zero-order chi connectivity index (χ0) is 17.6. The largest absolute Gasteiger partial charge is 0.468 e. The summed E-state index contributed by atoms with van der Waals surface area (Å²) in [5, 5.41) is 4.85. The van der Waals surface area contributed by atoms with Gasteiger partial charge >= 0.3 is 6.03 Å². The van der Waals surface area contributed by atoms with Gasteiger partial charge in [-0.1, -0.05) is 6.07 Å². The maximum atomic E-state index is 13.6. The molecule has 2 amide bonds. The van der Waals surface area contributed by atoms with Crippen molar-refractivity contribution >= 4 is 11.7 Å². The number of nitrogens with zero attached hydrogens (tertiary/aromatic N) is 1. The maximum absolute atomic E-state index is 13.6. The van der Waals surface area contributed by atoms with Gasteiger partial charge in [-0.2, -0.15) is 0 Å². The van der Waals surface area contributed by atoms with Crippen LogP contribution in [0.4, 0.5) is 19.3 Å². The molecule has 0 saturated carbocycles. The lowest BCUT2D eigenvalue weighted by molar-refractivity contribution is 0.0124.